The van der Waals surface area contributed by atoms with E-state index in [2.05, 4.69) is 31.3 Å². The average molecular weight is 774 g/mol. The quantitative estimate of drug-likeness (QED) is 0.0426. The molecular formula is C51H99NO3. The van der Waals surface area contributed by atoms with E-state index < -0.39 is 12.1 Å². The van der Waals surface area contributed by atoms with Crippen molar-refractivity contribution in [3.05, 3.63) is 24.3 Å². The highest BCUT2D eigenvalue weighted by Crippen LogP contribution is 2.16. The zero-order chi connectivity index (χ0) is 40.0. The Hall–Kier alpha value is -1.13. The Morgan fingerprint density at radius 1 is 0.418 bits per heavy atom. The zero-order valence-corrected chi connectivity index (χ0v) is 37.5. The van der Waals surface area contributed by atoms with E-state index in [4.69, 9.17) is 0 Å². The monoisotopic (exact) mass is 774 g/mol. The van der Waals surface area contributed by atoms with Crippen molar-refractivity contribution in [1.29, 1.82) is 0 Å². The fourth-order valence-corrected chi connectivity index (χ4v) is 7.82. The fraction of sp³-hybridized carbons (Fsp3) is 0.902. The number of nitrogens with one attached hydrogen (secondary N) is 1. The molecule has 326 valence electrons. The highest BCUT2D eigenvalue weighted by Gasteiger charge is 2.18. The number of rotatable bonds is 46. The molecule has 0 saturated carbocycles. The summed E-state index contributed by atoms with van der Waals surface area (Å²) in [5, 5.41) is 23.1. The van der Waals surface area contributed by atoms with E-state index in [1.165, 1.54) is 231 Å². The van der Waals surface area contributed by atoms with Gasteiger partial charge in [-0.15, -0.1) is 0 Å². The van der Waals surface area contributed by atoms with E-state index in [-0.39, 0.29) is 12.5 Å². The second-order valence-electron chi connectivity index (χ2n) is 17.2. The molecule has 0 aromatic carbocycles. The molecule has 4 nitrogen and oxygen atoms in total. The van der Waals surface area contributed by atoms with Crippen LogP contribution < -0.4 is 5.32 Å². The van der Waals surface area contributed by atoms with Crippen LogP contribution in [0.3, 0.4) is 0 Å². The first-order chi connectivity index (χ1) is 27.2. The molecule has 0 aliphatic rings. The minimum Gasteiger partial charge on any atom is -0.394 e. The molecule has 0 spiro atoms. The van der Waals surface area contributed by atoms with Crippen molar-refractivity contribution in [2.75, 3.05) is 6.61 Å². The number of hydrogen-bond acceptors (Lipinski definition) is 3. The average Bonchev–Trinajstić information content (AvgIpc) is 3.19. The minimum atomic E-state index is -0.839. The Morgan fingerprint density at radius 2 is 0.691 bits per heavy atom. The molecule has 0 bridgehead atoms. The maximum Gasteiger partial charge on any atom is 0.220 e. The molecule has 3 N–H and O–H groups in total. The second-order valence-corrected chi connectivity index (χ2v) is 17.2. The smallest absolute Gasteiger partial charge is 0.220 e. The number of carbonyl (C=O) groups excluding carboxylic acids is 1. The van der Waals surface area contributed by atoms with Crippen LogP contribution in [-0.4, -0.2) is 34.9 Å². The summed E-state index contributed by atoms with van der Waals surface area (Å²) in [6.07, 6.45) is 61.7. The molecule has 1 amide bonds. The summed E-state index contributed by atoms with van der Waals surface area (Å²) in [6, 6.07) is -0.623. The van der Waals surface area contributed by atoms with Gasteiger partial charge in [-0.05, 0) is 44.9 Å². The van der Waals surface area contributed by atoms with E-state index in [1.807, 2.05) is 6.08 Å². The predicted molar refractivity (Wildman–Crippen MR) is 244 cm³/mol. The van der Waals surface area contributed by atoms with Gasteiger partial charge < -0.3 is 15.5 Å². The number of allylic oxidation sites excluding steroid dienone is 3. The topological polar surface area (TPSA) is 69.6 Å². The first-order valence-electron chi connectivity index (χ1n) is 25.1. The van der Waals surface area contributed by atoms with Crippen molar-refractivity contribution in [3.8, 4) is 0 Å². The lowest BCUT2D eigenvalue weighted by atomic mass is 10.0. The van der Waals surface area contributed by atoms with Gasteiger partial charge >= 0.3 is 0 Å². The number of unbranched alkanes of at least 4 members (excludes halogenated alkanes) is 37. The summed E-state index contributed by atoms with van der Waals surface area (Å²) in [7, 11) is 0. The lowest BCUT2D eigenvalue weighted by Crippen LogP contribution is -2.45. The Bertz CT molecular complexity index is 795. The maximum atomic E-state index is 12.4. The number of aliphatic hydroxyl groups excluding tert-OH is 2. The fourth-order valence-electron chi connectivity index (χ4n) is 7.82. The van der Waals surface area contributed by atoms with Crippen molar-refractivity contribution in [2.24, 2.45) is 0 Å². The molecule has 0 heterocycles. The second kappa shape index (κ2) is 47.2. The van der Waals surface area contributed by atoms with Crippen molar-refractivity contribution >= 4 is 5.91 Å². The van der Waals surface area contributed by atoms with Crippen LogP contribution in [0.5, 0.6) is 0 Å². The van der Waals surface area contributed by atoms with Crippen molar-refractivity contribution < 1.29 is 15.0 Å². The molecule has 0 saturated heterocycles. The van der Waals surface area contributed by atoms with Crippen LogP contribution in [0.15, 0.2) is 24.3 Å². The maximum absolute atomic E-state index is 12.4. The van der Waals surface area contributed by atoms with E-state index in [0.717, 1.165) is 25.7 Å². The highest BCUT2D eigenvalue weighted by atomic mass is 16.3. The zero-order valence-electron chi connectivity index (χ0n) is 37.5. The van der Waals surface area contributed by atoms with Gasteiger partial charge in [0.2, 0.25) is 5.91 Å². The molecule has 2 unspecified atom stereocenters. The van der Waals surface area contributed by atoms with Crippen molar-refractivity contribution in [2.45, 2.75) is 289 Å². The third-order valence-electron chi connectivity index (χ3n) is 11.7. The van der Waals surface area contributed by atoms with Crippen LogP contribution in [0, 0.1) is 0 Å². The summed E-state index contributed by atoms with van der Waals surface area (Å²) in [5.41, 5.74) is 0. The predicted octanol–water partition coefficient (Wildman–Crippen LogP) is 16.0. The summed E-state index contributed by atoms with van der Waals surface area (Å²) in [6.45, 7) is 4.34. The van der Waals surface area contributed by atoms with Crippen LogP contribution in [0.1, 0.15) is 277 Å². The van der Waals surface area contributed by atoms with Crippen LogP contribution >= 0.6 is 0 Å². The van der Waals surface area contributed by atoms with Gasteiger partial charge in [0.05, 0.1) is 18.8 Å². The van der Waals surface area contributed by atoms with E-state index in [0.29, 0.717) is 6.42 Å². The highest BCUT2D eigenvalue weighted by molar-refractivity contribution is 5.76. The van der Waals surface area contributed by atoms with Crippen LogP contribution in [0.4, 0.5) is 0 Å². The van der Waals surface area contributed by atoms with Gasteiger partial charge in [-0.2, -0.15) is 0 Å². The van der Waals surface area contributed by atoms with Gasteiger partial charge in [0, 0.05) is 6.42 Å². The van der Waals surface area contributed by atoms with Gasteiger partial charge in [0.25, 0.3) is 0 Å². The molecule has 0 aliphatic heterocycles. The van der Waals surface area contributed by atoms with Gasteiger partial charge in [0.1, 0.15) is 0 Å². The molecule has 0 radical (unpaired) electrons. The summed E-state index contributed by atoms with van der Waals surface area (Å²) in [5.74, 6) is -0.0646. The normalized spacial score (nSPS) is 13.0. The molecule has 4 heteroatoms. The van der Waals surface area contributed by atoms with E-state index in [9.17, 15) is 15.0 Å². The van der Waals surface area contributed by atoms with E-state index in [1.54, 1.807) is 6.08 Å². The Balaban J connectivity index is 3.52. The first-order valence-corrected chi connectivity index (χ1v) is 25.1. The molecule has 0 aromatic rings. The summed E-state index contributed by atoms with van der Waals surface area (Å²) >= 11 is 0. The number of carbonyl (C=O) groups is 1. The van der Waals surface area contributed by atoms with Crippen molar-refractivity contribution in [1.82, 2.24) is 5.32 Å². The molecule has 2 atom stereocenters. The van der Waals surface area contributed by atoms with E-state index >= 15 is 0 Å². The largest absolute Gasteiger partial charge is 0.394 e. The lowest BCUT2D eigenvalue weighted by Gasteiger charge is -2.20. The SMILES string of the molecule is CCCCCCCCCCCCCC/C=C\CCCCCCCCCC(=O)NC(CO)C(O)/C=C/CCCCCCCCCCCCCCCCCCCC. The first kappa shape index (κ1) is 53.9. The molecule has 55 heavy (non-hydrogen) atoms. The summed E-state index contributed by atoms with van der Waals surface area (Å²) in [4.78, 5) is 12.4. The summed E-state index contributed by atoms with van der Waals surface area (Å²) < 4.78 is 0. The minimum absolute atomic E-state index is 0.0646. The molecular weight excluding hydrogens is 675 g/mol. The van der Waals surface area contributed by atoms with Crippen LogP contribution in [0.2, 0.25) is 0 Å². The van der Waals surface area contributed by atoms with Gasteiger partial charge in [-0.3, -0.25) is 4.79 Å². The molecule has 0 aliphatic carbocycles. The van der Waals surface area contributed by atoms with Crippen LogP contribution in [0.25, 0.3) is 0 Å². The Labute approximate surface area is 345 Å². The van der Waals surface area contributed by atoms with Gasteiger partial charge in [-0.1, -0.05) is 250 Å². The molecule has 0 rings (SSSR count). The van der Waals surface area contributed by atoms with Gasteiger partial charge in [0.15, 0.2) is 0 Å². The molecule has 0 fully saturated rings. The number of aliphatic hydroxyl groups is 2. The number of amides is 1. The van der Waals surface area contributed by atoms with Crippen molar-refractivity contribution in [3.63, 3.8) is 0 Å². The Kier molecular flexibility index (Phi) is 46.3. The third-order valence-corrected chi connectivity index (χ3v) is 11.7. The number of hydrogen-bond donors (Lipinski definition) is 3. The third kappa shape index (κ3) is 43.8. The van der Waals surface area contributed by atoms with Crippen LogP contribution in [-0.2, 0) is 4.79 Å². The Morgan fingerprint density at radius 3 is 1.00 bits per heavy atom. The van der Waals surface area contributed by atoms with Gasteiger partial charge in [-0.25, -0.2) is 0 Å². The standard InChI is InChI=1S/C51H99NO3/c1-3-5-7-9-11-13-15-17-19-21-23-25-26-27-29-31-33-35-37-39-41-43-45-47-51(55)52-49(48-53)50(54)46-44-42-40-38-36-34-32-30-28-24-22-20-18-16-14-12-10-8-6-4-2/h27,29,44,46,49-50,53-54H,3-26,28,30-43,45,47-48H2,1-2H3,(H,52,55)/b29-27-,46-44+. The lowest BCUT2D eigenvalue weighted by molar-refractivity contribution is -0.123. The molecule has 0 aromatic heterocycles.